The SMILES string of the molecule is Cc1c(-c2ccc(Cl)cc2)c(CC(=O)O)n(C)c(=O)c1NC(=O)c1ccccc1O. The van der Waals surface area contributed by atoms with Gasteiger partial charge in [0.2, 0.25) is 0 Å². The van der Waals surface area contributed by atoms with E-state index in [0.717, 1.165) is 0 Å². The van der Waals surface area contributed by atoms with Gasteiger partial charge in [-0.25, -0.2) is 0 Å². The second kappa shape index (κ2) is 8.42. The summed E-state index contributed by atoms with van der Waals surface area (Å²) < 4.78 is 1.21. The molecule has 8 heteroatoms. The standard InChI is InChI=1S/C22H19ClN2O5/c1-12-19(13-7-9-14(23)10-8-13)16(11-18(27)28)25(2)22(30)20(12)24-21(29)15-5-3-4-6-17(15)26/h3-10,26H,11H2,1-2H3,(H,24,29)(H,27,28). The van der Waals surface area contributed by atoms with Crippen molar-refractivity contribution in [1.82, 2.24) is 4.57 Å². The van der Waals surface area contributed by atoms with Gasteiger partial charge in [0.15, 0.2) is 0 Å². The predicted molar refractivity (Wildman–Crippen MR) is 114 cm³/mol. The number of pyridine rings is 1. The van der Waals surface area contributed by atoms with E-state index in [4.69, 9.17) is 11.6 Å². The minimum atomic E-state index is -1.09. The number of nitrogens with zero attached hydrogens (tertiary/aromatic N) is 1. The number of halogens is 1. The highest BCUT2D eigenvalue weighted by molar-refractivity contribution is 6.30. The Morgan fingerprint density at radius 3 is 2.33 bits per heavy atom. The zero-order valence-corrected chi connectivity index (χ0v) is 17.0. The van der Waals surface area contributed by atoms with Crippen LogP contribution in [0.15, 0.2) is 53.3 Å². The Labute approximate surface area is 177 Å². The quantitative estimate of drug-likeness (QED) is 0.577. The number of aliphatic carboxylic acids is 1. The van der Waals surface area contributed by atoms with E-state index in [1.807, 2.05) is 0 Å². The maximum atomic E-state index is 13.0. The van der Waals surface area contributed by atoms with Gasteiger partial charge in [-0.2, -0.15) is 0 Å². The van der Waals surface area contributed by atoms with Gasteiger partial charge in [0.05, 0.1) is 12.0 Å². The molecule has 0 unspecified atom stereocenters. The lowest BCUT2D eigenvalue weighted by Gasteiger charge is -2.20. The molecule has 0 saturated carbocycles. The molecule has 0 atom stereocenters. The maximum Gasteiger partial charge on any atom is 0.309 e. The molecule has 0 radical (unpaired) electrons. The van der Waals surface area contributed by atoms with Crippen LogP contribution < -0.4 is 10.9 Å². The molecule has 1 heterocycles. The first kappa shape index (κ1) is 21.1. The van der Waals surface area contributed by atoms with Gasteiger partial charge in [-0.05, 0) is 42.3 Å². The third-order valence-corrected chi connectivity index (χ3v) is 5.05. The molecule has 0 fully saturated rings. The number of aromatic nitrogens is 1. The first-order valence-corrected chi connectivity index (χ1v) is 9.38. The summed E-state index contributed by atoms with van der Waals surface area (Å²) in [6.07, 6.45) is -0.377. The van der Waals surface area contributed by atoms with Crippen molar-refractivity contribution in [1.29, 1.82) is 0 Å². The van der Waals surface area contributed by atoms with E-state index in [0.29, 0.717) is 27.4 Å². The van der Waals surface area contributed by atoms with E-state index in [1.54, 1.807) is 43.3 Å². The van der Waals surface area contributed by atoms with Crippen LogP contribution in [0.3, 0.4) is 0 Å². The Morgan fingerprint density at radius 2 is 1.73 bits per heavy atom. The molecule has 0 saturated heterocycles. The molecular weight excluding hydrogens is 408 g/mol. The van der Waals surface area contributed by atoms with Crippen LogP contribution in [0, 0.1) is 6.92 Å². The van der Waals surface area contributed by atoms with Crippen molar-refractivity contribution in [3.63, 3.8) is 0 Å². The molecule has 1 aromatic heterocycles. The van der Waals surface area contributed by atoms with Crippen LogP contribution >= 0.6 is 11.6 Å². The average Bonchev–Trinajstić information content (AvgIpc) is 2.70. The van der Waals surface area contributed by atoms with Crippen LogP contribution in [-0.2, 0) is 18.3 Å². The first-order valence-electron chi connectivity index (χ1n) is 9.00. The topological polar surface area (TPSA) is 109 Å². The number of nitrogens with one attached hydrogen (secondary N) is 1. The minimum Gasteiger partial charge on any atom is -0.507 e. The fourth-order valence-electron chi connectivity index (χ4n) is 3.30. The largest absolute Gasteiger partial charge is 0.507 e. The van der Waals surface area contributed by atoms with E-state index in [2.05, 4.69) is 5.32 Å². The number of amides is 1. The second-order valence-corrected chi connectivity index (χ2v) is 7.17. The predicted octanol–water partition coefficient (Wildman–Crippen LogP) is 3.60. The molecule has 0 bridgehead atoms. The first-order chi connectivity index (χ1) is 14.2. The molecule has 3 rings (SSSR count). The number of anilines is 1. The number of aromatic hydroxyl groups is 1. The molecule has 2 aromatic carbocycles. The van der Waals surface area contributed by atoms with Gasteiger partial charge >= 0.3 is 5.97 Å². The molecule has 3 aromatic rings. The Balaban J connectivity index is 2.21. The van der Waals surface area contributed by atoms with E-state index in [9.17, 15) is 24.6 Å². The van der Waals surface area contributed by atoms with E-state index < -0.39 is 17.4 Å². The molecular formula is C22H19ClN2O5. The average molecular weight is 427 g/mol. The Bertz CT molecular complexity index is 1200. The fourth-order valence-corrected chi connectivity index (χ4v) is 3.43. The molecule has 0 aliphatic carbocycles. The number of hydrogen-bond acceptors (Lipinski definition) is 4. The molecule has 0 spiro atoms. The zero-order chi connectivity index (χ0) is 22.0. The number of phenolic OH excluding ortho intramolecular Hbond substituents is 1. The highest BCUT2D eigenvalue weighted by Crippen LogP contribution is 2.32. The summed E-state index contributed by atoms with van der Waals surface area (Å²) >= 11 is 5.97. The summed E-state index contributed by atoms with van der Waals surface area (Å²) in [5.74, 6) is -1.96. The molecule has 0 aliphatic rings. The van der Waals surface area contributed by atoms with Gasteiger partial charge in [-0.15, -0.1) is 0 Å². The molecule has 1 amide bonds. The lowest BCUT2D eigenvalue weighted by Crippen LogP contribution is -2.29. The fraction of sp³-hybridized carbons (Fsp3) is 0.136. The summed E-state index contributed by atoms with van der Waals surface area (Å²) in [7, 11) is 1.45. The number of carbonyl (C=O) groups is 2. The summed E-state index contributed by atoms with van der Waals surface area (Å²) in [5.41, 5.74) is 1.36. The Morgan fingerprint density at radius 1 is 1.10 bits per heavy atom. The van der Waals surface area contributed by atoms with E-state index in [-0.39, 0.29) is 23.4 Å². The lowest BCUT2D eigenvalue weighted by molar-refractivity contribution is -0.136. The van der Waals surface area contributed by atoms with Gasteiger partial charge in [0.1, 0.15) is 11.4 Å². The van der Waals surface area contributed by atoms with E-state index in [1.165, 1.54) is 23.7 Å². The van der Waals surface area contributed by atoms with E-state index >= 15 is 0 Å². The summed E-state index contributed by atoms with van der Waals surface area (Å²) in [4.78, 5) is 37.1. The Kier molecular flexibility index (Phi) is 5.94. The maximum absolute atomic E-state index is 13.0. The smallest absolute Gasteiger partial charge is 0.309 e. The van der Waals surface area contributed by atoms with Crippen molar-refractivity contribution in [2.45, 2.75) is 13.3 Å². The number of benzene rings is 2. The number of carboxylic acids is 1. The lowest BCUT2D eigenvalue weighted by atomic mass is 9.95. The number of rotatable bonds is 5. The summed E-state index contributed by atoms with van der Waals surface area (Å²) in [5, 5.41) is 22.4. The van der Waals surface area contributed by atoms with Crippen LogP contribution in [-0.4, -0.2) is 26.7 Å². The third-order valence-electron chi connectivity index (χ3n) is 4.80. The minimum absolute atomic E-state index is 0.00448. The molecule has 154 valence electrons. The normalized spacial score (nSPS) is 10.6. The van der Waals surface area contributed by atoms with Crippen molar-refractivity contribution in [2.75, 3.05) is 5.32 Å². The molecule has 3 N–H and O–H groups in total. The summed E-state index contributed by atoms with van der Waals surface area (Å²) in [6, 6.07) is 12.7. The van der Waals surface area contributed by atoms with Crippen molar-refractivity contribution in [2.24, 2.45) is 7.05 Å². The van der Waals surface area contributed by atoms with Gasteiger partial charge in [0, 0.05) is 23.3 Å². The van der Waals surface area contributed by atoms with Crippen molar-refractivity contribution >= 4 is 29.2 Å². The third kappa shape index (κ3) is 4.06. The number of carbonyl (C=O) groups excluding carboxylic acids is 1. The number of carboxylic acid groups (broad SMARTS) is 1. The van der Waals surface area contributed by atoms with Crippen molar-refractivity contribution in [3.8, 4) is 16.9 Å². The molecule has 7 nitrogen and oxygen atoms in total. The van der Waals surface area contributed by atoms with Crippen LogP contribution in [0.1, 0.15) is 21.6 Å². The Hall–Kier alpha value is -3.58. The number of para-hydroxylation sites is 1. The summed E-state index contributed by atoms with van der Waals surface area (Å²) in [6.45, 7) is 1.64. The van der Waals surface area contributed by atoms with Crippen LogP contribution in [0.5, 0.6) is 5.75 Å². The number of phenols is 1. The molecule has 30 heavy (non-hydrogen) atoms. The van der Waals surface area contributed by atoms with Gasteiger partial charge in [-0.1, -0.05) is 35.9 Å². The van der Waals surface area contributed by atoms with Crippen molar-refractivity contribution < 1.29 is 19.8 Å². The highest BCUT2D eigenvalue weighted by Gasteiger charge is 2.22. The number of hydrogen-bond donors (Lipinski definition) is 3. The van der Waals surface area contributed by atoms with Crippen LogP contribution in [0.25, 0.3) is 11.1 Å². The monoisotopic (exact) mass is 426 g/mol. The highest BCUT2D eigenvalue weighted by atomic mass is 35.5. The second-order valence-electron chi connectivity index (χ2n) is 6.73. The van der Waals surface area contributed by atoms with Gasteiger partial charge < -0.3 is 20.1 Å². The van der Waals surface area contributed by atoms with Gasteiger partial charge in [-0.3, -0.25) is 14.4 Å². The molecule has 0 aliphatic heterocycles. The van der Waals surface area contributed by atoms with Crippen molar-refractivity contribution in [3.05, 3.63) is 80.7 Å². The zero-order valence-electron chi connectivity index (χ0n) is 16.3. The van der Waals surface area contributed by atoms with Crippen LogP contribution in [0.4, 0.5) is 5.69 Å². The van der Waals surface area contributed by atoms with Crippen LogP contribution in [0.2, 0.25) is 5.02 Å². The van der Waals surface area contributed by atoms with Gasteiger partial charge in [0.25, 0.3) is 11.5 Å².